The molecule has 0 atom stereocenters. The Kier molecular flexibility index (Phi) is 5.94. The maximum absolute atomic E-state index is 12.0. The summed E-state index contributed by atoms with van der Waals surface area (Å²) in [5.41, 5.74) is 4.72. The molecule has 0 radical (unpaired) electrons. The van der Waals surface area contributed by atoms with Crippen LogP contribution in [0.25, 0.3) is 0 Å². The van der Waals surface area contributed by atoms with E-state index in [9.17, 15) is 9.59 Å². The number of carbonyl (C=O) groups excluding carboxylic acids is 2. The standard InChI is InChI=1S/C18H16N4O3S2/c1-11-3-5-13(26-11)9-19-21-17(23)15-7-8-16(25-15)18(24)22-20-10-14-6-4-12(2)27-14/h3-10H,1-2H3,(H,21,23)(H,22,24)/b19-9-,20-10-. The maximum atomic E-state index is 12.0. The van der Waals surface area contributed by atoms with Crippen molar-refractivity contribution in [2.75, 3.05) is 0 Å². The first-order valence-corrected chi connectivity index (χ1v) is 9.54. The summed E-state index contributed by atoms with van der Waals surface area (Å²) in [4.78, 5) is 28.2. The molecule has 3 aromatic heterocycles. The molecule has 0 aliphatic carbocycles. The first kappa shape index (κ1) is 18.7. The Bertz CT molecular complexity index is 935. The van der Waals surface area contributed by atoms with Gasteiger partial charge in [-0.2, -0.15) is 10.2 Å². The predicted molar refractivity (Wildman–Crippen MR) is 107 cm³/mol. The molecular formula is C18H16N4O3S2. The monoisotopic (exact) mass is 400 g/mol. The number of amides is 2. The van der Waals surface area contributed by atoms with Crippen LogP contribution >= 0.6 is 22.7 Å². The van der Waals surface area contributed by atoms with Gasteiger partial charge in [0.25, 0.3) is 0 Å². The zero-order valence-corrected chi connectivity index (χ0v) is 16.2. The third-order valence-electron chi connectivity index (χ3n) is 3.29. The van der Waals surface area contributed by atoms with Gasteiger partial charge in [0.05, 0.1) is 12.4 Å². The molecule has 0 spiro atoms. The molecule has 0 fully saturated rings. The number of carbonyl (C=O) groups is 2. The Morgan fingerprint density at radius 2 is 1.26 bits per heavy atom. The van der Waals surface area contributed by atoms with Crippen LogP contribution in [0.15, 0.2) is 51.0 Å². The van der Waals surface area contributed by atoms with Crippen molar-refractivity contribution in [2.24, 2.45) is 10.2 Å². The van der Waals surface area contributed by atoms with Crippen LogP contribution in [0.1, 0.15) is 40.6 Å². The number of hydrogen-bond acceptors (Lipinski definition) is 7. The predicted octanol–water partition coefficient (Wildman–Crippen LogP) is 3.55. The van der Waals surface area contributed by atoms with Gasteiger partial charge in [-0.1, -0.05) is 0 Å². The number of hydrogen-bond donors (Lipinski definition) is 2. The first-order valence-electron chi connectivity index (χ1n) is 7.91. The topological polar surface area (TPSA) is 96.1 Å². The lowest BCUT2D eigenvalue weighted by atomic mass is 10.4. The fourth-order valence-electron chi connectivity index (χ4n) is 2.05. The van der Waals surface area contributed by atoms with E-state index in [1.807, 2.05) is 38.1 Å². The molecule has 138 valence electrons. The van der Waals surface area contributed by atoms with E-state index in [-0.39, 0.29) is 11.5 Å². The van der Waals surface area contributed by atoms with Gasteiger partial charge in [0.15, 0.2) is 11.5 Å². The van der Waals surface area contributed by atoms with E-state index < -0.39 is 11.8 Å². The summed E-state index contributed by atoms with van der Waals surface area (Å²) >= 11 is 3.12. The van der Waals surface area contributed by atoms with Gasteiger partial charge in [-0.3, -0.25) is 9.59 Å². The molecule has 27 heavy (non-hydrogen) atoms. The van der Waals surface area contributed by atoms with Crippen molar-refractivity contribution in [1.29, 1.82) is 0 Å². The first-order chi connectivity index (χ1) is 13.0. The number of thiophene rings is 2. The van der Waals surface area contributed by atoms with Crippen molar-refractivity contribution < 1.29 is 14.0 Å². The number of nitrogens with zero attached hydrogens (tertiary/aromatic N) is 2. The summed E-state index contributed by atoms with van der Waals surface area (Å²) in [6, 6.07) is 10.6. The number of rotatable bonds is 6. The lowest BCUT2D eigenvalue weighted by Crippen LogP contribution is -2.18. The van der Waals surface area contributed by atoms with E-state index in [2.05, 4.69) is 21.1 Å². The number of hydrazone groups is 2. The molecule has 3 rings (SSSR count). The molecule has 7 nitrogen and oxygen atoms in total. The van der Waals surface area contributed by atoms with Gasteiger partial charge < -0.3 is 4.42 Å². The highest BCUT2D eigenvalue weighted by Gasteiger charge is 2.15. The van der Waals surface area contributed by atoms with E-state index in [0.717, 1.165) is 19.5 Å². The summed E-state index contributed by atoms with van der Waals surface area (Å²) in [6.45, 7) is 3.98. The summed E-state index contributed by atoms with van der Waals surface area (Å²) in [7, 11) is 0. The summed E-state index contributed by atoms with van der Waals surface area (Å²) < 4.78 is 5.25. The lowest BCUT2D eigenvalue weighted by molar-refractivity contribution is 0.0902. The van der Waals surface area contributed by atoms with Gasteiger partial charge in [0.2, 0.25) is 0 Å². The van der Waals surface area contributed by atoms with Gasteiger partial charge in [0.1, 0.15) is 0 Å². The van der Waals surface area contributed by atoms with E-state index in [4.69, 9.17) is 4.42 Å². The van der Waals surface area contributed by atoms with Gasteiger partial charge in [-0.15, -0.1) is 22.7 Å². The zero-order valence-electron chi connectivity index (χ0n) is 14.6. The Morgan fingerprint density at radius 1 is 0.815 bits per heavy atom. The molecule has 0 unspecified atom stereocenters. The van der Waals surface area contributed by atoms with Gasteiger partial charge in [-0.05, 0) is 50.2 Å². The molecule has 0 bridgehead atoms. The van der Waals surface area contributed by atoms with Crippen molar-refractivity contribution in [3.8, 4) is 0 Å². The molecule has 2 amide bonds. The average Bonchev–Trinajstić information content (AvgIpc) is 3.36. The summed E-state index contributed by atoms with van der Waals surface area (Å²) in [5, 5.41) is 7.75. The molecule has 3 aromatic rings. The molecule has 0 aliphatic heterocycles. The number of furan rings is 1. The zero-order chi connectivity index (χ0) is 19.2. The Morgan fingerprint density at radius 3 is 1.63 bits per heavy atom. The summed E-state index contributed by atoms with van der Waals surface area (Å²) in [5.74, 6) is -1.12. The van der Waals surface area contributed by atoms with Crippen molar-refractivity contribution in [3.63, 3.8) is 0 Å². The van der Waals surface area contributed by atoms with E-state index in [1.165, 1.54) is 12.1 Å². The molecule has 0 aliphatic rings. The Labute approximate surface area is 163 Å². The molecule has 0 saturated carbocycles. The normalized spacial score (nSPS) is 11.3. The van der Waals surface area contributed by atoms with Gasteiger partial charge in [0, 0.05) is 19.5 Å². The second-order valence-electron chi connectivity index (χ2n) is 5.46. The highest BCUT2D eigenvalue weighted by atomic mass is 32.1. The third-order valence-corrected chi connectivity index (χ3v) is 5.16. The Balaban J connectivity index is 1.53. The van der Waals surface area contributed by atoms with Crippen LogP contribution in [0.4, 0.5) is 0 Å². The highest BCUT2D eigenvalue weighted by molar-refractivity contribution is 7.13. The van der Waals surface area contributed by atoms with Crippen LogP contribution in [0.5, 0.6) is 0 Å². The molecule has 3 heterocycles. The molecule has 9 heteroatoms. The van der Waals surface area contributed by atoms with Crippen molar-refractivity contribution in [3.05, 3.63) is 67.4 Å². The second-order valence-corrected chi connectivity index (χ2v) is 8.10. The van der Waals surface area contributed by atoms with Crippen LogP contribution in [0.2, 0.25) is 0 Å². The molecular weight excluding hydrogens is 384 g/mol. The fourth-order valence-corrected chi connectivity index (χ4v) is 3.55. The van der Waals surface area contributed by atoms with Crippen LogP contribution in [-0.4, -0.2) is 24.2 Å². The van der Waals surface area contributed by atoms with Gasteiger partial charge in [-0.25, -0.2) is 10.9 Å². The quantitative estimate of drug-likeness (QED) is 0.489. The minimum absolute atomic E-state index is 0.0162. The highest BCUT2D eigenvalue weighted by Crippen LogP contribution is 2.13. The second kappa shape index (κ2) is 8.56. The minimum atomic E-state index is -0.545. The number of nitrogens with one attached hydrogen (secondary N) is 2. The molecule has 0 aromatic carbocycles. The van der Waals surface area contributed by atoms with Crippen molar-refractivity contribution in [2.45, 2.75) is 13.8 Å². The Hall–Kier alpha value is -3.04. The largest absolute Gasteiger partial charge is 0.446 e. The maximum Gasteiger partial charge on any atom is 0.307 e. The van der Waals surface area contributed by atoms with Crippen LogP contribution < -0.4 is 10.9 Å². The van der Waals surface area contributed by atoms with E-state index in [1.54, 1.807) is 35.1 Å². The smallest absolute Gasteiger partial charge is 0.307 e. The van der Waals surface area contributed by atoms with Gasteiger partial charge >= 0.3 is 11.8 Å². The summed E-state index contributed by atoms with van der Waals surface area (Å²) in [6.07, 6.45) is 3.10. The van der Waals surface area contributed by atoms with E-state index in [0.29, 0.717) is 0 Å². The van der Waals surface area contributed by atoms with Crippen LogP contribution in [0.3, 0.4) is 0 Å². The molecule has 0 saturated heterocycles. The minimum Gasteiger partial charge on any atom is -0.446 e. The van der Waals surface area contributed by atoms with Crippen LogP contribution in [-0.2, 0) is 0 Å². The number of aryl methyl sites for hydroxylation is 2. The van der Waals surface area contributed by atoms with Crippen molar-refractivity contribution in [1.82, 2.24) is 10.9 Å². The van der Waals surface area contributed by atoms with Crippen molar-refractivity contribution >= 4 is 46.9 Å². The fraction of sp³-hybridized carbons (Fsp3) is 0.111. The lowest BCUT2D eigenvalue weighted by Gasteiger charge is -1.96. The molecule has 2 N–H and O–H groups in total. The van der Waals surface area contributed by atoms with E-state index >= 15 is 0 Å². The SMILES string of the molecule is Cc1ccc(/C=N\NC(=O)c2ccc(C(=O)N/N=C\c3ccc(C)s3)o2)s1. The third kappa shape index (κ3) is 5.22. The average molecular weight is 400 g/mol. The van der Waals surface area contributed by atoms with Crippen LogP contribution in [0, 0.1) is 13.8 Å².